The van der Waals surface area contributed by atoms with Crippen LogP contribution in [0.3, 0.4) is 0 Å². The molecule has 9 heteroatoms. The zero-order chi connectivity index (χ0) is 19.8. The number of aryl methyl sites for hydroxylation is 3. The Labute approximate surface area is 168 Å². The zero-order valence-corrected chi connectivity index (χ0v) is 18.5. The fraction of sp³-hybridized carbons (Fsp3) is 0.556. The molecule has 1 saturated heterocycles. The van der Waals surface area contributed by atoms with Crippen molar-refractivity contribution in [1.82, 2.24) is 8.87 Å². The van der Waals surface area contributed by atoms with Crippen LogP contribution in [0.15, 0.2) is 17.1 Å². The van der Waals surface area contributed by atoms with E-state index in [1.54, 1.807) is 11.8 Å². The second-order valence-corrected chi connectivity index (χ2v) is 10.8. The van der Waals surface area contributed by atoms with E-state index in [0.29, 0.717) is 24.2 Å². The summed E-state index contributed by atoms with van der Waals surface area (Å²) in [6.45, 7) is 5.28. The van der Waals surface area contributed by atoms with Gasteiger partial charge in [0.25, 0.3) is 5.91 Å². The van der Waals surface area contributed by atoms with Gasteiger partial charge in [0, 0.05) is 18.8 Å². The Morgan fingerprint density at radius 3 is 2.78 bits per heavy atom. The minimum atomic E-state index is -3.40. The van der Waals surface area contributed by atoms with Gasteiger partial charge in [0.1, 0.15) is 6.04 Å². The van der Waals surface area contributed by atoms with E-state index in [2.05, 4.69) is 41.8 Å². The van der Waals surface area contributed by atoms with Gasteiger partial charge in [-0.15, -0.1) is 0 Å². The van der Waals surface area contributed by atoms with Crippen LogP contribution < -0.4 is 4.80 Å². The fourth-order valence-corrected chi connectivity index (χ4v) is 6.14. The lowest BCUT2D eigenvalue weighted by molar-refractivity contribution is -0.121. The average molecular weight is 428 g/mol. The van der Waals surface area contributed by atoms with Gasteiger partial charge in [0.15, 0.2) is 4.80 Å². The molecule has 1 amide bonds. The van der Waals surface area contributed by atoms with Gasteiger partial charge in [0.05, 0.1) is 16.5 Å². The smallest absolute Gasteiger partial charge is 0.266 e. The number of rotatable bonds is 5. The SMILES string of the molecule is CSCCn1c(=NC(=O)C2CCCN2S(C)(=O)=O)sc2c(C)cc(C)cc21. The molecule has 1 aromatic heterocycles. The second kappa shape index (κ2) is 8.06. The first-order chi connectivity index (χ1) is 12.7. The fourth-order valence-electron chi connectivity index (χ4n) is 3.55. The number of thioether (sulfide) groups is 1. The van der Waals surface area contributed by atoms with E-state index in [0.717, 1.165) is 28.8 Å². The number of nitrogens with zero attached hydrogens (tertiary/aromatic N) is 3. The highest BCUT2D eigenvalue weighted by molar-refractivity contribution is 7.98. The van der Waals surface area contributed by atoms with Crippen molar-refractivity contribution >= 4 is 49.2 Å². The number of carbonyl (C=O) groups is 1. The molecule has 1 unspecified atom stereocenters. The van der Waals surface area contributed by atoms with Crippen molar-refractivity contribution in [2.24, 2.45) is 4.99 Å². The third-order valence-electron chi connectivity index (χ3n) is 4.75. The summed E-state index contributed by atoms with van der Waals surface area (Å²) < 4.78 is 28.4. The highest BCUT2D eigenvalue weighted by atomic mass is 32.2. The summed E-state index contributed by atoms with van der Waals surface area (Å²) in [5, 5.41) is 0. The summed E-state index contributed by atoms with van der Waals surface area (Å²) >= 11 is 3.25. The number of aromatic nitrogens is 1. The minimum Gasteiger partial charge on any atom is -0.315 e. The maximum absolute atomic E-state index is 12.8. The predicted octanol–water partition coefficient (Wildman–Crippen LogP) is 2.53. The van der Waals surface area contributed by atoms with E-state index in [-0.39, 0.29) is 5.91 Å². The van der Waals surface area contributed by atoms with Crippen LogP contribution in [0.25, 0.3) is 10.2 Å². The molecular weight excluding hydrogens is 402 g/mol. The summed E-state index contributed by atoms with van der Waals surface area (Å²) in [5.74, 6) is 0.552. The van der Waals surface area contributed by atoms with Crippen molar-refractivity contribution in [3.63, 3.8) is 0 Å². The van der Waals surface area contributed by atoms with Gasteiger partial charge < -0.3 is 4.57 Å². The molecule has 148 valence electrons. The maximum atomic E-state index is 12.8. The van der Waals surface area contributed by atoms with Crippen LogP contribution in [0, 0.1) is 13.8 Å². The average Bonchev–Trinajstić information content (AvgIpc) is 3.18. The topological polar surface area (TPSA) is 71.7 Å². The number of hydrogen-bond donors (Lipinski definition) is 0. The van der Waals surface area contributed by atoms with E-state index in [4.69, 9.17) is 0 Å². The normalized spacial score (nSPS) is 19.3. The zero-order valence-electron chi connectivity index (χ0n) is 16.1. The third kappa shape index (κ3) is 4.31. The van der Waals surface area contributed by atoms with Crippen LogP contribution in [0.4, 0.5) is 0 Å². The van der Waals surface area contributed by atoms with Crippen molar-refractivity contribution in [2.45, 2.75) is 39.3 Å². The molecule has 0 aliphatic carbocycles. The Kier molecular flexibility index (Phi) is 6.14. The molecule has 0 spiro atoms. The quantitative estimate of drug-likeness (QED) is 0.735. The van der Waals surface area contributed by atoms with Crippen molar-refractivity contribution in [3.8, 4) is 0 Å². The molecular formula is C18H25N3O3S3. The number of carbonyl (C=O) groups excluding carboxylic acids is 1. The summed E-state index contributed by atoms with van der Waals surface area (Å²) in [4.78, 5) is 17.9. The van der Waals surface area contributed by atoms with E-state index in [1.807, 2.05) is 0 Å². The molecule has 0 bridgehead atoms. The van der Waals surface area contributed by atoms with E-state index >= 15 is 0 Å². The molecule has 1 atom stereocenters. The van der Waals surface area contributed by atoms with Crippen LogP contribution in [0.2, 0.25) is 0 Å². The Morgan fingerprint density at radius 2 is 2.11 bits per heavy atom. The lowest BCUT2D eigenvalue weighted by atomic mass is 10.1. The Bertz CT molecular complexity index is 1040. The molecule has 3 rings (SSSR count). The lowest BCUT2D eigenvalue weighted by Crippen LogP contribution is -2.40. The predicted molar refractivity (Wildman–Crippen MR) is 113 cm³/mol. The number of hydrogen-bond acceptors (Lipinski definition) is 5. The van der Waals surface area contributed by atoms with Gasteiger partial charge in [-0.05, 0) is 50.1 Å². The largest absolute Gasteiger partial charge is 0.315 e. The van der Waals surface area contributed by atoms with Gasteiger partial charge in [-0.25, -0.2) is 8.42 Å². The number of benzene rings is 1. The summed E-state index contributed by atoms with van der Waals surface area (Å²) in [5.41, 5.74) is 3.43. The third-order valence-corrected chi connectivity index (χ3v) is 7.86. The van der Waals surface area contributed by atoms with E-state index in [1.165, 1.54) is 26.8 Å². The molecule has 1 aromatic carbocycles. The molecule has 1 fully saturated rings. The summed E-state index contributed by atoms with van der Waals surface area (Å²) in [7, 11) is -3.40. The maximum Gasteiger partial charge on any atom is 0.266 e. The van der Waals surface area contributed by atoms with Crippen molar-refractivity contribution < 1.29 is 13.2 Å². The first-order valence-electron chi connectivity index (χ1n) is 8.87. The molecule has 1 aliphatic rings. The number of amides is 1. The van der Waals surface area contributed by atoms with E-state index in [9.17, 15) is 13.2 Å². The molecule has 0 saturated carbocycles. The summed E-state index contributed by atoms with van der Waals surface area (Å²) in [6, 6.07) is 3.58. The van der Waals surface area contributed by atoms with Crippen molar-refractivity contribution in [3.05, 3.63) is 28.1 Å². The monoisotopic (exact) mass is 427 g/mol. The molecule has 2 aromatic rings. The molecule has 6 nitrogen and oxygen atoms in total. The van der Waals surface area contributed by atoms with Gasteiger partial charge in [-0.1, -0.05) is 17.4 Å². The van der Waals surface area contributed by atoms with Crippen LogP contribution in [-0.4, -0.2) is 54.0 Å². The van der Waals surface area contributed by atoms with Gasteiger partial charge in [0.2, 0.25) is 10.0 Å². The number of sulfonamides is 1. The Morgan fingerprint density at radius 1 is 1.37 bits per heavy atom. The Hall–Kier alpha value is -1.16. The molecule has 0 radical (unpaired) electrons. The van der Waals surface area contributed by atoms with Crippen molar-refractivity contribution in [2.75, 3.05) is 24.8 Å². The molecule has 27 heavy (non-hydrogen) atoms. The number of fused-ring (bicyclic) bond motifs is 1. The molecule has 2 heterocycles. The van der Waals surface area contributed by atoms with Crippen molar-refractivity contribution in [1.29, 1.82) is 0 Å². The first-order valence-corrected chi connectivity index (χ1v) is 12.9. The highest BCUT2D eigenvalue weighted by Crippen LogP contribution is 2.25. The minimum absolute atomic E-state index is 0.364. The number of thiazole rings is 1. The standard InChI is InChI=1S/C18H25N3O3S3/c1-12-10-13(2)16-15(11-12)20(8-9-25-3)18(26-16)19-17(22)14-6-5-7-21(14)27(4,23)24/h10-11,14H,5-9H2,1-4H3. The highest BCUT2D eigenvalue weighted by Gasteiger charge is 2.36. The van der Waals surface area contributed by atoms with E-state index < -0.39 is 16.1 Å². The van der Waals surface area contributed by atoms with Gasteiger partial charge in [-0.2, -0.15) is 21.1 Å². The van der Waals surface area contributed by atoms with Crippen LogP contribution in [-0.2, 0) is 21.4 Å². The van der Waals surface area contributed by atoms with Crippen LogP contribution >= 0.6 is 23.1 Å². The summed E-state index contributed by atoms with van der Waals surface area (Å²) in [6.07, 6.45) is 4.43. The van der Waals surface area contributed by atoms with Crippen LogP contribution in [0.1, 0.15) is 24.0 Å². The van der Waals surface area contributed by atoms with Crippen LogP contribution in [0.5, 0.6) is 0 Å². The Balaban J connectivity index is 2.09. The lowest BCUT2D eigenvalue weighted by Gasteiger charge is -2.18. The molecule has 0 N–H and O–H groups in total. The second-order valence-electron chi connectivity index (χ2n) is 6.94. The first kappa shape index (κ1) is 20.6. The molecule has 1 aliphatic heterocycles. The van der Waals surface area contributed by atoms with Gasteiger partial charge in [-0.3, -0.25) is 4.79 Å². The van der Waals surface area contributed by atoms with Gasteiger partial charge >= 0.3 is 0 Å².